The van der Waals surface area contributed by atoms with Gasteiger partial charge in [-0.1, -0.05) is 6.92 Å². The molecule has 0 saturated heterocycles. The number of hydrogen-bond acceptors (Lipinski definition) is 2. The van der Waals surface area contributed by atoms with Crippen LogP contribution in [0.25, 0.3) is 0 Å². The van der Waals surface area contributed by atoms with Crippen molar-refractivity contribution in [3.05, 3.63) is 23.5 Å². The molecule has 16 heavy (non-hydrogen) atoms. The van der Waals surface area contributed by atoms with Gasteiger partial charge in [0.05, 0.1) is 14.2 Å². The molecule has 2 nitrogen and oxygen atoms in total. The van der Waals surface area contributed by atoms with Crippen molar-refractivity contribution in [3.8, 4) is 23.8 Å². The minimum absolute atomic E-state index is 0.0372. The van der Waals surface area contributed by atoms with E-state index in [1.54, 1.807) is 6.07 Å². The summed E-state index contributed by atoms with van der Waals surface area (Å²) >= 11 is 0. The highest BCUT2D eigenvalue weighted by molar-refractivity contribution is 5.44. The molecular formula is C13H15FO2. The van der Waals surface area contributed by atoms with Crippen molar-refractivity contribution in [2.45, 2.75) is 19.3 Å². The predicted molar refractivity (Wildman–Crippen MR) is 61.4 cm³/mol. The first-order valence-corrected chi connectivity index (χ1v) is 4.98. The molecule has 0 fully saturated rings. The van der Waals surface area contributed by atoms with Gasteiger partial charge in [0.15, 0.2) is 11.5 Å². The molecule has 0 bridgehead atoms. The van der Waals surface area contributed by atoms with E-state index in [2.05, 4.69) is 5.92 Å². The van der Waals surface area contributed by atoms with Crippen LogP contribution >= 0.6 is 0 Å². The standard InChI is InChI=1S/C13H15FO2/c1-5-6-9(2)10-7-12(15-3)13(16-4)8-11(10)14/h1,7-9H,6H2,2-4H3. The summed E-state index contributed by atoms with van der Waals surface area (Å²) < 4.78 is 23.8. The first-order chi connectivity index (χ1) is 7.63. The summed E-state index contributed by atoms with van der Waals surface area (Å²) in [5, 5.41) is 0. The van der Waals surface area contributed by atoms with E-state index in [0.717, 1.165) is 0 Å². The second-order valence-electron chi connectivity index (χ2n) is 3.54. The number of ether oxygens (including phenoxy) is 2. The van der Waals surface area contributed by atoms with Crippen LogP contribution < -0.4 is 9.47 Å². The summed E-state index contributed by atoms with van der Waals surface area (Å²) in [7, 11) is 2.99. The lowest BCUT2D eigenvalue weighted by atomic mass is 9.97. The molecule has 0 heterocycles. The summed E-state index contributed by atoms with van der Waals surface area (Å²) in [5.74, 6) is 3.07. The maximum Gasteiger partial charge on any atom is 0.163 e. The van der Waals surface area contributed by atoms with Crippen LogP contribution in [0.15, 0.2) is 12.1 Å². The lowest BCUT2D eigenvalue weighted by Gasteiger charge is -2.14. The third kappa shape index (κ3) is 2.46. The Morgan fingerprint density at radius 2 is 1.88 bits per heavy atom. The molecule has 0 aliphatic heterocycles. The summed E-state index contributed by atoms with van der Waals surface area (Å²) in [4.78, 5) is 0. The van der Waals surface area contributed by atoms with Crippen LogP contribution in [-0.2, 0) is 0 Å². The molecule has 3 heteroatoms. The van der Waals surface area contributed by atoms with Crippen molar-refractivity contribution < 1.29 is 13.9 Å². The molecule has 1 unspecified atom stereocenters. The van der Waals surface area contributed by atoms with E-state index in [1.165, 1.54) is 20.3 Å². The minimum atomic E-state index is -0.319. The highest BCUT2D eigenvalue weighted by Gasteiger charge is 2.15. The van der Waals surface area contributed by atoms with Crippen LogP contribution in [0.2, 0.25) is 0 Å². The lowest BCUT2D eigenvalue weighted by molar-refractivity contribution is 0.351. The maximum absolute atomic E-state index is 13.7. The van der Waals surface area contributed by atoms with Crippen LogP contribution in [0.5, 0.6) is 11.5 Å². The number of methoxy groups -OCH3 is 2. The Labute approximate surface area is 95.4 Å². The minimum Gasteiger partial charge on any atom is -0.493 e. The summed E-state index contributed by atoms with van der Waals surface area (Å²) in [5.41, 5.74) is 0.551. The van der Waals surface area contributed by atoms with Crippen molar-refractivity contribution in [2.75, 3.05) is 14.2 Å². The SMILES string of the molecule is C#CCC(C)c1cc(OC)c(OC)cc1F. The number of rotatable bonds is 4. The van der Waals surface area contributed by atoms with Gasteiger partial charge in [-0.25, -0.2) is 4.39 Å². The monoisotopic (exact) mass is 222 g/mol. The summed E-state index contributed by atoms with van der Waals surface area (Å²) in [6.45, 7) is 1.88. The third-order valence-electron chi connectivity index (χ3n) is 2.46. The molecule has 0 N–H and O–H groups in total. The molecule has 0 radical (unpaired) electrons. The van der Waals surface area contributed by atoms with Crippen LogP contribution in [0.3, 0.4) is 0 Å². The molecule has 0 amide bonds. The molecule has 1 aromatic carbocycles. The zero-order chi connectivity index (χ0) is 12.1. The van der Waals surface area contributed by atoms with Crippen LogP contribution in [0.4, 0.5) is 4.39 Å². The smallest absolute Gasteiger partial charge is 0.163 e. The van der Waals surface area contributed by atoms with Gasteiger partial charge in [0.25, 0.3) is 0 Å². The Bertz CT molecular complexity index is 407. The molecule has 0 spiro atoms. The van der Waals surface area contributed by atoms with Gasteiger partial charge in [-0.3, -0.25) is 0 Å². The van der Waals surface area contributed by atoms with Gasteiger partial charge in [-0.15, -0.1) is 12.3 Å². The quantitative estimate of drug-likeness (QED) is 0.729. The molecule has 0 aliphatic carbocycles. The first kappa shape index (κ1) is 12.4. The molecule has 0 aliphatic rings. The van der Waals surface area contributed by atoms with E-state index >= 15 is 0 Å². The molecule has 0 aromatic heterocycles. The number of halogens is 1. The molecule has 86 valence electrons. The Hall–Kier alpha value is -1.69. The van der Waals surface area contributed by atoms with E-state index < -0.39 is 0 Å². The summed E-state index contributed by atoms with van der Waals surface area (Å²) in [6, 6.07) is 2.96. The van der Waals surface area contributed by atoms with E-state index in [4.69, 9.17) is 15.9 Å². The Morgan fingerprint density at radius 3 is 2.38 bits per heavy atom. The van der Waals surface area contributed by atoms with Crippen molar-refractivity contribution in [2.24, 2.45) is 0 Å². The second-order valence-corrected chi connectivity index (χ2v) is 3.54. The third-order valence-corrected chi connectivity index (χ3v) is 2.46. The number of hydrogen-bond donors (Lipinski definition) is 0. The Kier molecular flexibility index (Phi) is 4.19. The topological polar surface area (TPSA) is 18.5 Å². The molecular weight excluding hydrogens is 207 g/mol. The van der Waals surface area contributed by atoms with Gasteiger partial charge in [-0.05, 0) is 17.5 Å². The second kappa shape index (κ2) is 5.41. The van der Waals surface area contributed by atoms with Crippen LogP contribution in [0.1, 0.15) is 24.8 Å². The maximum atomic E-state index is 13.7. The first-order valence-electron chi connectivity index (χ1n) is 4.98. The summed E-state index contributed by atoms with van der Waals surface area (Å²) in [6.07, 6.45) is 5.71. The lowest BCUT2D eigenvalue weighted by Crippen LogP contribution is -2.00. The molecule has 1 rings (SSSR count). The Morgan fingerprint density at radius 1 is 1.31 bits per heavy atom. The number of benzene rings is 1. The van der Waals surface area contributed by atoms with Crippen molar-refractivity contribution in [3.63, 3.8) is 0 Å². The van der Waals surface area contributed by atoms with Gasteiger partial charge in [0.1, 0.15) is 5.82 Å². The van der Waals surface area contributed by atoms with Gasteiger partial charge in [-0.2, -0.15) is 0 Å². The van der Waals surface area contributed by atoms with Gasteiger partial charge < -0.3 is 9.47 Å². The molecule has 0 saturated carbocycles. The Balaban J connectivity index is 3.16. The van der Waals surface area contributed by atoms with Crippen LogP contribution in [0, 0.1) is 18.2 Å². The van der Waals surface area contributed by atoms with Crippen molar-refractivity contribution >= 4 is 0 Å². The zero-order valence-electron chi connectivity index (χ0n) is 9.71. The zero-order valence-corrected chi connectivity index (χ0v) is 9.71. The highest BCUT2D eigenvalue weighted by atomic mass is 19.1. The van der Waals surface area contributed by atoms with Gasteiger partial charge in [0.2, 0.25) is 0 Å². The van der Waals surface area contributed by atoms with E-state index in [-0.39, 0.29) is 11.7 Å². The van der Waals surface area contributed by atoms with Crippen molar-refractivity contribution in [1.82, 2.24) is 0 Å². The number of terminal acetylenes is 1. The van der Waals surface area contributed by atoms with Gasteiger partial charge >= 0.3 is 0 Å². The fourth-order valence-corrected chi connectivity index (χ4v) is 1.53. The fraction of sp³-hybridized carbons (Fsp3) is 0.385. The largest absolute Gasteiger partial charge is 0.493 e. The van der Waals surface area contributed by atoms with E-state index in [0.29, 0.717) is 23.5 Å². The average molecular weight is 222 g/mol. The highest BCUT2D eigenvalue weighted by Crippen LogP contribution is 2.33. The van der Waals surface area contributed by atoms with E-state index in [1.807, 2.05) is 6.92 Å². The van der Waals surface area contributed by atoms with Crippen molar-refractivity contribution in [1.29, 1.82) is 0 Å². The molecule has 1 aromatic rings. The molecule has 1 atom stereocenters. The van der Waals surface area contributed by atoms with Crippen LogP contribution in [-0.4, -0.2) is 14.2 Å². The normalized spacial score (nSPS) is 11.7. The van der Waals surface area contributed by atoms with E-state index in [9.17, 15) is 4.39 Å². The predicted octanol–water partition coefficient (Wildman–Crippen LogP) is 2.97. The fourth-order valence-electron chi connectivity index (χ4n) is 1.53. The average Bonchev–Trinajstić information content (AvgIpc) is 2.28. The van der Waals surface area contributed by atoms with Gasteiger partial charge in [0, 0.05) is 12.5 Å².